The fourth-order valence-corrected chi connectivity index (χ4v) is 0.877. The number of nitrogens with one attached hydrogen (secondary N) is 1. The van der Waals surface area contributed by atoms with Crippen LogP contribution >= 0.6 is 0 Å². The molecule has 0 spiro atoms. The van der Waals surface area contributed by atoms with Crippen molar-refractivity contribution in [2.75, 3.05) is 34.0 Å². The van der Waals surface area contributed by atoms with Gasteiger partial charge in [-0.15, -0.1) is 0 Å². The van der Waals surface area contributed by atoms with Crippen LogP contribution in [0, 0.1) is 0 Å². The minimum absolute atomic E-state index is 0.0205. The van der Waals surface area contributed by atoms with Crippen molar-refractivity contribution in [2.24, 2.45) is 5.73 Å². The van der Waals surface area contributed by atoms with Crippen LogP contribution in [0.15, 0.2) is 0 Å². The summed E-state index contributed by atoms with van der Waals surface area (Å²) < 4.78 is 9.49. The van der Waals surface area contributed by atoms with Crippen molar-refractivity contribution < 1.29 is 14.3 Å². The number of rotatable bonds is 7. The van der Waals surface area contributed by atoms with E-state index in [4.69, 9.17) is 10.5 Å². The van der Waals surface area contributed by atoms with E-state index in [1.807, 2.05) is 0 Å². The van der Waals surface area contributed by atoms with Gasteiger partial charge in [0.2, 0.25) is 5.91 Å². The quantitative estimate of drug-likeness (QED) is 0.546. The van der Waals surface area contributed by atoms with Gasteiger partial charge < -0.3 is 20.5 Å². The number of amides is 1. The standard InChI is InChI=1S/C8H18N2O3/c1-12-5-7(9)3-4-10-8(11)6-13-2/h7H,3-6,9H2,1-2H3,(H,10,11). The Morgan fingerprint density at radius 2 is 2.15 bits per heavy atom. The Morgan fingerprint density at radius 3 is 2.69 bits per heavy atom. The van der Waals surface area contributed by atoms with Crippen molar-refractivity contribution in [3.8, 4) is 0 Å². The molecule has 0 aromatic rings. The number of nitrogens with two attached hydrogens (primary N) is 1. The zero-order valence-corrected chi connectivity index (χ0v) is 8.21. The summed E-state index contributed by atoms with van der Waals surface area (Å²) in [5.74, 6) is -0.118. The lowest BCUT2D eigenvalue weighted by atomic mass is 10.2. The number of carbonyl (C=O) groups is 1. The highest BCUT2D eigenvalue weighted by Crippen LogP contribution is 1.86. The van der Waals surface area contributed by atoms with Gasteiger partial charge in [0, 0.05) is 26.8 Å². The monoisotopic (exact) mass is 190 g/mol. The number of ether oxygens (including phenoxy) is 2. The summed E-state index contributed by atoms with van der Waals surface area (Å²) in [5, 5.41) is 2.67. The van der Waals surface area contributed by atoms with E-state index in [9.17, 15) is 4.79 Å². The first kappa shape index (κ1) is 12.3. The van der Waals surface area contributed by atoms with Crippen LogP contribution in [0.1, 0.15) is 6.42 Å². The molecule has 0 aliphatic heterocycles. The van der Waals surface area contributed by atoms with E-state index in [-0.39, 0.29) is 18.6 Å². The van der Waals surface area contributed by atoms with Gasteiger partial charge in [-0.3, -0.25) is 4.79 Å². The van der Waals surface area contributed by atoms with Gasteiger partial charge in [0.15, 0.2) is 0 Å². The van der Waals surface area contributed by atoms with Crippen molar-refractivity contribution in [2.45, 2.75) is 12.5 Å². The predicted molar refractivity (Wildman–Crippen MR) is 49.4 cm³/mol. The third kappa shape index (κ3) is 7.70. The van der Waals surface area contributed by atoms with Crippen LogP contribution in [-0.2, 0) is 14.3 Å². The van der Waals surface area contributed by atoms with Gasteiger partial charge in [0.25, 0.3) is 0 Å². The fourth-order valence-electron chi connectivity index (χ4n) is 0.877. The molecule has 1 amide bonds. The molecule has 0 saturated carbocycles. The highest BCUT2D eigenvalue weighted by Gasteiger charge is 2.03. The van der Waals surface area contributed by atoms with Crippen molar-refractivity contribution in [1.29, 1.82) is 0 Å². The molecule has 5 nitrogen and oxygen atoms in total. The first-order valence-corrected chi connectivity index (χ1v) is 4.20. The van der Waals surface area contributed by atoms with Gasteiger partial charge in [0.05, 0.1) is 6.61 Å². The Balaban J connectivity index is 3.28. The van der Waals surface area contributed by atoms with Gasteiger partial charge in [-0.1, -0.05) is 0 Å². The molecular weight excluding hydrogens is 172 g/mol. The zero-order chi connectivity index (χ0) is 10.1. The maximum Gasteiger partial charge on any atom is 0.245 e. The molecular formula is C8H18N2O3. The van der Waals surface area contributed by atoms with E-state index in [0.717, 1.165) is 0 Å². The predicted octanol–water partition coefficient (Wildman–Crippen LogP) is -0.887. The van der Waals surface area contributed by atoms with Gasteiger partial charge in [-0.2, -0.15) is 0 Å². The maximum absolute atomic E-state index is 10.9. The molecule has 0 aliphatic carbocycles. The molecule has 0 fully saturated rings. The Kier molecular flexibility index (Phi) is 7.57. The lowest BCUT2D eigenvalue weighted by Crippen LogP contribution is -2.34. The molecule has 0 bridgehead atoms. The molecule has 0 aromatic carbocycles. The average molecular weight is 190 g/mol. The van der Waals surface area contributed by atoms with E-state index >= 15 is 0 Å². The maximum atomic E-state index is 10.9. The molecule has 1 atom stereocenters. The second-order valence-corrected chi connectivity index (χ2v) is 2.79. The summed E-state index contributed by atoms with van der Waals surface area (Å²) in [6, 6.07) is -0.0205. The van der Waals surface area contributed by atoms with E-state index in [2.05, 4.69) is 10.1 Å². The van der Waals surface area contributed by atoms with Gasteiger partial charge in [-0.05, 0) is 6.42 Å². The van der Waals surface area contributed by atoms with Crippen LogP contribution in [0.2, 0.25) is 0 Å². The van der Waals surface area contributed by atoms with E-state index in [0.29, 0.717) is 19.6 Å². The van der Waals surface area contributed by atoms with Crippen LogP contribution in [0.5, 0.6) is 0 Å². The highest BCUT2D eigenvalue weighted by molar-refractivity contribution is 5.77. The van der Waals surface area contributed by atoms with Crippen molar-refractivity contribution in [1.82, 2.24) is 5.32 Å². The Hall–Kier alpha value is -0.650. The molecule has 0 heterocycles. The van der Waals surface area contributed by atoms with Crippen LogP contribution in [0.3, 0.4) is 0 Å². The molecule has 1 unspecified atom stereocenters. The molecule has 0 rings (SSSR count). The average Bonchev–Trinajstić information content (AvgIpc) is 2.05. The molecule has 13 heavy (non-hydrogen) atoms. The van der Waals surface area contributed by atoms with Crippen molar-refractivity contribution in [3.63, 3.8) is 0 Å². The summed E-state index contributed by atoms with van der Waals surface area (Å²) in [5.41, 5.74) is 5.64. The van der Waals surface area contributed by atoms with Crippen LogP contribution in [0.25, 0.3) is 0 Å². The minimum Gasteiger partial charge on any atom is -0.383 e. The highest BCUT2D eigenvalue weighted by atomic mass is 16.5. The van der Waals surface area contributed by atoms with Gasteiger partial charge >= 0.3 is 0 Å². The summed E-state index contributed by atoms with van der Waals surface area (Å²) in [6.07, 6.45) is 0.712. The third-order valence-corrected chi connectivity index (χ3v) is 1.49. The third-order valence-electron chi connectivity index (χ3n) is 1.49. The van der Waals surface area contributed by atoms with Crippen LogP contribution < -0.4 is 11.1 Å². The number of carbonyl (C=O) groups excluding carboxylic acids is 1. The van der Waals surface area contributed by atoms with E-state index in [1.54, 1.807) is 7.11 Å². The molecule has 5 heteroatoms. The number of methoxy groups -OCH3 is 2. The van der Waals surface area contributed by atoms with E-state index in [1.165, 1.54) is 7.11 Å². The Labute approximate surface area is 78.6 Å². The normalized spacial score (nSPS) is 12.5. The van der Waals surface area contributed by atoms with Crippen LogP contribution in [0.4, 0.5) is 0 Å². The first-order chi connectivity index (χ1) is 6.20. The van der Waals surface area contributed by atoms with Crippen LogP contribution in [-0.4, -0.2) is 45.9 Å². The van der Waals surface area contributed by atoms with Crippen molar-refractivity contribution in [3.05, 3.63) is 0 Å². The molecule has 0 saturated heterocycles. The fraction of sp³-hybridized carbons (Fsp3) is 0.875. The lowest BCUT2D eigenvalue weighted by molar-refractivity contribution is -0.124. The minimum atomic E-state index is -0.118. The SMILES string of the molecule is COCC(=O)NCCC(N)COC. The smallest absolute Gasteiger partial charge is 0.245 e. The molecule has 78 valence electrons. The number of hydrogen-bond acceptors (Lipinski definition) is 4. The lowest BCUT2D eigenvalue weighted by Gasteiger charge is -2.10. The molecule has 3 N–H and O–H groups in total. The summed E-state index contributed by atoms with van der Waals surface area (Å²) in [6.45, 7) is 1.17. The molecule has 0 radical (unpaired) electrons. The zero-order valence-electron chi connectivity index (χ0n) is 8.21. The Bertz CT molecular complexity index is 141. The first-order valence-electron chi connectivity index (χ1n) is 4.20. The second-order valence-electron chi connectivity index (χ2n) is 2.79. The van der Waals surface area contributed by atoms with E-state index < -0.39 is 0 Å². The molecule has 0 aliphatic rings. The number of hydrogen-bond donors (Lipinski definition) is 2. The topological polar surface area (TPSA) is 73.6 Å². The molecule has 0 aromatic heterocycles. The van der Waals surface area contributed by atoms with Gasteiger partial charge in [0.1, 0.15) is 6.61 Å². The summed E-state index contributed by atoms with van der Waals surface area (Å²) in [4.78, 5) is 10.9. The van der Waals surface area contributed by atoms with Crippen molar-refractivity contribution >= 4 is 5.91 Å². The van der Waals surface area contributed by atoms with Gasteiger partial charge in [-0.25, -0.2) is 0 Å². The summed E-state index contributed by atoms with van der Waals surface area (Å²) >= 11 is 0. The largest absolute Gasteiger partial charge is 0.383 e. The summed E-state index contributed by atoms with van der Waals surface area (Å²) in [7, 11) is 3.08. The Morgan fingerprint density at radius 1 is 1.46 bits per heavy atom. The second kappa shape index (κ2) is 7.97.